The van der Waals surface area contributed by atoms with Crippen LogP contribution in [0.25, 0.3) is 0 Å². The number of rotatable bonds is 9. The zero-order chi connectivity index (χ0) is 19.8. The van der Waals surface area contributed by atoms with Crippen LogP contribution in [-0.4, -0.2) is 30.7 Å². The molecule has 8 nitrogen and oxygen atoms in total. The Kier molecular flexibility index (Phi) is 6.99. The molecular formula is C19H22N2O6. The van der Waals surface area contributed by atoms with Gasteiger partial charge in [0.15, 0.2) is 11.5 Å². The number of benzene rings is 2. The lowest BCUT2D eigenvalue weighted by atomic mass is 10.1. The number of carbonyl (C=O) groups is 1. The first kappa shape index (κ1) is 20.0. The summed E-state index contributed by atoms with van der Waals surface area (Å²) in [5, 5.41) is 13.7. The van der Waals surface area contributed by atoms with E-state index in [2.05, 4.69) is 5.32 Å². The van der Waals surface area contributed by atoms with Gasteiger partial charge < -0.3 is 19.5 Å². The predicted octanol–water partition coefficient (Wildman–Crippen LogP) is 4.04. The van der Waals surface area contributed by atoms with Crippen molar-refractivity contribution in [2.75, 3.05) is 25.1 Å². The van der Waals surface area contributed by atoms with E-state index >= 15 is 0 Å². The molecule has 2 aromatic rings. The van der Waals surface area contributed by atoms with Gasteiger partial charge in [-0.05, 0) is 39.0 Å². The summed E-state index contributed by atoms with van der Waals surface area (Å²) >= 11 is 0. The molecule has 0 saturated carbocycles. The minimum atomic E-state index is -0.551. The maximum atomic E-state index is 12.7. The van der Waals surface area contributed by atoms with Gasteiger partial charge >= 0.3 is 0 Å². The minimum absolute atomic E-state index is 0.109. The summed E-state index contributed by atoms with van der Waals surface area (Å²) in [7, 11) is 0. The molecule has 144 valence electrons. The molecule has 2 aromatic carbocycles. The lowest BCUT2D eigenvalue weighted by Crippen LogP contribution is -2.14. The summed E-state index contributed by atoms with van der Waals surface area (Å²) in [4.78, 5) is 23.3. The Balaban J connectivity index is 2.42. The summed E-state index contributed by atoms with van der Waals surface area (Å²) in [6.45, 7) is 6.62. The third-order valence-corrected chi connectivity index (χ3v) is 3.52. The molecule has 0 aromatic heterocycles. The van der Waals surface area contributed by atoms with Gasteiger partial charge in [-0.2, -0.15) is 0 Å². The van der Waals surface area contributed by atoms with Crippen molar-refractivity contribution in [1.29, 1.82) is 0 Å². The van der Waals surface area contributed by atoms with E-state index in [-0.39, 0.29) is 16.9 Å². The van der Waals surface area contributed by atoms with Gasteiger partial charge in [0.1, 0.15) is 5.69 Å². The number of anilines is 1. The first-order valence-corrected chi connectivity index (χ1v) is 8.62. The molecule has 0 aliphatic rings. The van der Waals surface area contributed by atoms with Crippen molar-refractivity contribution < 1.29 is 23.9 Å². The number of para-hydroxylation sites is 2. The summed E-state index contributed by atoms with van der Waals surface area (Å²) in [5.41, 5.74) is 0.160. The molecule has 0 bridgehead atoms. The number of nitrogens with zero attached hydrogens (tertiary/aromatic N) is 1. The van der Waals surface area contributed by atoms with Crippen LogP contribution >= 0.6 is 0 Å². The Morgan fingerprint density at radius 2 is 1.56 bits per heavy atom. The quantitative estimate of drug-likeness (QED) is 0.525. The lowest BCUT2D eigenvalue weighted by Gasteiger charge is -2.17. The molecule has 0 fully saturated rings. The molecule has 8 heteroatoms. The fourth-order valence-electron chi connectivity index (χ4n) is 2.45. The van der Waals surface area contributed by atoms with Gasteiger partial charge in [0.05, 0.1) is 24.7 Å². The molecule has 0 aliphatic carbocycles. The molecule has 27 heavy (non-hydrogen) atoms. The molecule has 0 radical (unpaired) electrons. The second kappa shape index (κ2) is 9.42. The number of ether oxygens (including phenoxy) is 3. The van der Waals surface area contributed by atoms with Gasteiger partial charge in [-0.15, -0.1) is 0 Å². The van der Waals surface area contributed by atoms with Crippen LogP contribution in [-0.2, 0) is 0 Å². The average Bonchev–Trinajstić information content (AvgIpc) is 2.64. The fraction of sp³-hybridized carbons (Fsp3) is 0.316. The monoisotopic (exact) mass is 374 g/mol. The SMILES string of the molecule is CCOc1cc(C(=O)Nc2ccccc2[N+](=O)[O-])cc(OCC)c1OCC. The van der Waals surface area contributed by atoms with E-state index in [9.17, 15) is 14.9 Å². The van der Waals surface area contributed by atoms with Crippen molar-refractivity contribution in [1.82, 2.24) is 0 Å². The number of hydrogen-bond acceptors (Lipinski definition) is 6. The third kappa shape index (κ3) is 4.87. The molecule has 1 amide bonds. The maximum Gasteiger partial charge on any atom is 0.292 e. The van der Waals surface area contributed by atoms with E-state index in [1.54, 1.807) is 6.07 Å². The Bertz CT molecular complexity index is 795. The Morgan fingerprint density at radius 1 is 1.00 bits per heavy atom. The highest BCUT2D eigenvalue weighted by Crippen LogP contribution is 2.39. The van der Waals surface area contributed by atoms with Gasteiger partial charge in [0.2, 0.25) is 5.75 Å². The lowest BCUT2D eigenvalue weighted by molar-refractivity contribution is -0.383. The number of carbonyl (C=O) groups excluding carboxylic acids is 1. The number of nitrogens with one attached hydrogen (secondary N) is 1. The Hall–Kier alpha value is -3.29. The second-order valence-corrected chi connectivity index (χ2v) is 5.33. The molecule has 1 N–H and O–H groups in total. The minimum Gasteiger partial charge on any atom is -0.490 e. The van der Waals surface area contributed by atoms with Crippen LogP contribution in [0.1, 0.15) is 31.1 Å². The highest BCUT2D eigenvalue weighted by molar-refractivity contribution is 6.06. The summed E-state index contributed by atoms with van der Waals surface area (Å²) < 4.78 is 16.8. The van der Waals surface area contributed by atoms with E-state index in [1.807, 2.05) is 20.8 Å². The molecule has 0 aliphatic heterocycles. The molecule has 0 saturated heterocycles. The molecule has 2 rings (SSSR count). The van der Waals surface area contributed by atoms with Crippen molar-refractivity contribution in [3.05, 3.63) is 52.1 Å². The van der Waals surface area contributed by atoms with Crippen LogP contribution in [0.3, 0.4) is 0 Å². The van der Waals surface area contributed by atoms with Crippen LogP contribution in [0, 0.1) is 10.1 Å². The summed E-state index contributed by atoms with van der Waals surface area (Å²) in [5.74, 6) is 0.647. The summed E-state index contributed by atoms with van der Waals surface area (Å²) in [6.07, 6.45) is 0. The van der Waals surface area contributed by atoms with Gasteiger partial charge in [0.25, 0.3) is 11.6 Å². The molecule has 0 atom stereocenters. The molecule has 0 unspecified atom stereocenters. The van der Waals surface area contributed by atoms with E-state index in [1.165, 1.54) is 30.3 Å². The van der Waals surface area contributed by atoms with Crippen LogP contribution < -0.4 is 19.5 Å². The van der Waals surface area contributed by atoms with Crippen LogP contribution in [0.2, 0.25) is 0 Å². The summed E-state index contributed by atoms with van der Waals surface area (Å²) in [6, 6.07) is 8.99. The zero-order valence-electron chi connectivity index (χ0n) is 15.5. The Morgan fingerprint density at radius 3 is 2.07 bits per heavy atom. The largest absolute Gasteiger partial charge is 0.490 e. The van der Waals surface area contributed by atoms with E-state index in [0.717, 1.165) is 0 Å². The first-order chi connectivity index (χ1) is 13.0. The van der Waals surface area contributed by atoms with E-state index in [0.29, 0.717) is 37.1 Å². The molecule has 0 heterocycles. The van der Waals surface area contributed by atoms with Gasteiger partial charge in [-0.1, -0.05) is 12.1 Å². The van der Waals surface area contributed by atoms with Crippen molar-refractivity contribution in [3.8, 4) is 17.2 Å². The topological polar surface area (TPSA) is 99.9 Å². The first-order valence-electron chi connectivity index (χ1n) is 8.62. The maximum absolute atomic E-state index is 12.7. The number of nitro benzene ring substituents is 1. The van der Waals surface area contributed by atoms with Gasteiger partial charge in [-0.25, -0.2) is 0 Å². The van der Waals surface area contributed by atoms with Gasteiger partial charge in [0, 0.05) is 11.6 Å². The van der Waals surface area contributed by atoms with Crippen LogP contribution in [0.4, 0.5) is 11.4 Å². The van der Waals surface area contributed by atoms with Crippen molar-refractivity contribution >= 4 is 17.3 Å². The Labute approximate surface area is 157 Å². The standard InChI is InChI=1S/C19H22N2O6/c1-4-25-16-11-13(12-17(26-5-2)18(16)27-6-3)19(22)20-14-9-7-8-10-15(14)21(23)24/h7-12H,4-6H2,1-3H3,(H,20,22). The average molecular weight is 374 g/mol. The van der Waals surface area contributed by atoms with Crippen LogP contribution in [0.15, 0.2) is 36.4 Å². The number of amides is 1. The van der Waals surface area contributed by atoms with Crippen molar-refractivity contribution in [3.63, 3.8) is 0 Å². The second-order valence-electron chi connectivity index (χ2n) is 5.33. The van der Waals surface area contributed by atoms with E-state index < -0.39 is 10.8 Å². The van der Waals surface area contributed by atoms with E-state index in [4.69, 9.17) is 14.2 Å². The number of nitro groups is 1. The highest BCUT2D eigenvalue weighted by Gasteiger charge is 2.20. The third-order valence-electron chi connectivity index (χ3n) is 3.52. The van der Waals surface area contributed by atoms with Crippen molar-refractivity contribution in [2.45, 2.75) is 20.8 Å². The van der Waals surface area contributed by atoms with Crippen LogP contribution in [0.5, 0.6) is 17.2 Å². The van der Waals surface area contributed by atoms with Crippen molar-refractivity contribution in [2.24, 2.45) is 0 Å². The zero-order valence-corrected chi connectivity index (χ0v) is 15.5. The molecule has 0 spiro atoms. The highest BCUT2D eigenvalue weighted by atomic mass is 16.6. The number of hydrogen-bond donors (Lipinski definition) is 1. The smallest absolute Gasteiger partial charge is 0.292 e. The fourth-order valence-corrected chi connectivity index (χ4v) is 2.45. The normalized spacial score (nSPS) is 10.2. The van der Waals surface area contributed by atoms with Gasteiger partial charge in [-0.3, -0.25) is 14.9 Å². The predicted molar refractivity (Wildman–Crippen MR) is 101 cm³/mol. The molecular weight excluding hydrogens is 352 g/mol.